The van der Waals surface area contributed by atoms with Crippen LogP contribution in [-0.4, -0.2) is 57.4 Å². The number of aromatic nitrogens is 1. The van der Waals surface area contributed by atoms with E-state index in [1.807, 2.05) is 70.4 Å². The number of carbonyl (C=O) groups is 1. The van der Waals surface area contributed by atoms with Crippen LogP contribution in [0.15, 0.2) is 79.0 Å². The Hall–Kier alpha value is -4.76. The Balaban J connectivity index is 1.61. The standard InChI is InChI=1S/C33H38N4O5/c1-23-9-7-10-24(2)32(23)42-33(38)37(29-16-15-28(39-5)22-30(29)40-6)26-17-18-34-31(21-26)35-25-11-13-27(14-12-25)41-20-8-19-36(3)4/h7,9-18,21-22H,8,19-20H2,1-6H3,(H,34,35). The van der Waals surface area contributed by atoms with Crippen LogP contribution in [0.5, 0.6) is 23.0 Å². The summed E-state index contributed by atoms with van der Waals surface area (Å²) >= 11 is 0. The molecule has 4 rings (SSSR count). The maximum absolute atomic E-state index is 13.9. The number of carbonyl (C=O) groups excluding carboxylic acids is 1. The molecule has 1 amide bonds. The number of pyridine rings is 1. The van der Waals surface area contributed by atoms with Crippen molar-refractivity contribution in [2.75, 3.05) is 51.7 Å². The number of anilines is 4. The first kappa shape index (κ1) is 30.2. The minimum atomic E-state index is -0.594. The van der Waals surface area contributed by atoms with Crippen LogP contribution in [0.2, 0.25) is 0 Å². The van der Waals surface area contributed by atoms with Crippen LogP contribution in [0, 0.1) is 13.8 Å². The number of benzene rings is 3. The molecule has 9 nitrogen and oxygen atoms in total. The van der Waals surface area contributed by atoms with Gasteiger partial charge in [-0.05, 0) is 88.0 Å². The predicted octanol–water partition coefficient (Wildman–Crippen LogP) is 7.13. The summed E-state index contributed by atoms with van der Waals surface area (Å²) in [7, 11) is 7.21. The maximum atomic E-state index is 13.9. The molecular weight excluding hydrogens is 532 g/mol. The highest BCUT2D eigenvalue weighted by Crippen LogP contribution is 2.38. The zero-order chi connectivity index (χ0) is 30.1. The van der Waals surface area contributed by atoms with Crippen molar-refractivity contribution in [3.63, 3.8) is 0 Å². The molecule has 1 aromatic heterocycles. The zero-order valence-corrected chi connectivity index (χ0v) is 25.0. The van der Waals surface area contributed by atoms with Gasteiger partial charge >= 0.3 is 6.09 Å². The summed E-state index contributed by atoms with van der Waals surface area (Å²) in [4.78, 5) is 21.9. The van der Waals surface area contributed by atoms with Gasteiger partial charge in [-0.2, -0.15) is 0 Å². The van der Waals surface area contributed by atoms with E-state index >= 15 is 0 Å². The third kappa shape index (κ3) is 7.70. The van der Waals surface area contributed by atoms with Crippen molar-refractivity contribution < 1.29 is 23.7 Å². The lowest BCUT2D eigenvalue weighted by Gasteiger charge is -2.25. The van der Waals surface area contributed by atoms with E-state index in [1.54, 1.807) is 50.7 Å². The van der Waals surface area contributed by atoms with Gasteiger partial charge in [-0.1, -0.05) is 18.2 Å². The Labute approximate surface area is 247 Å². The van der Waals surface area contributed by atoms with Gasteiger partial charge in [0.05, 0.1) is 32.2 Å². The van der Waals surface area contributed by atoms with E-state index in [-0.39, 0.29) is 0 Å². The first-order chi connectivity index (χ1) is 20.3. The molecule has 42 heavy (non-hydrogen) atoms. The van der Waals surface area contributed by atoms with Crippen molar-refractivity contribution in [2.45, 2.75) is 20.3 Å². The fraction of sp³-hybridized carbons (Fsp3) is 0.273. The molecular formula is C33H38N4O5. The molecule has 0 bridgehead atoms. The van der Waals surface area contributed by atoms with Crippen LogP contribution in [0.25, 0.3) is 0 Å². The van der Waals surface area contributed by atoms with E-state index in [0.29, 0.717) is 41.0 Å². The molecule has 1 N–H and O–H groups in total. The van der Waals surface area contributed by atoms with E-state index in [4.69, 9.17) is 18.9 Å². The molecule has 0 atom stereocenters. The second-order valence-electron chi connectivity index (χ2n) is 10.0. The van der Waals surface area contributed by atoms with Gasteiger partial charge in [0, 0.05) is 30.6 Å². The number of para-hydroxylation sites is 1. The van der Waals surface area contributed by atoms with Crippen molar-refractivity contribution in [1.29, 1.82) is 0 Å². The normalized spacial score (nSPS) is 10.7. The Morgan fingerprint density at radius 2 is 1.60 bits per heavy atom. The number of aryl methyl sites for hydroxylation is 2. The second-order valence-corrected chi connectivity index (χ2v) is 10.0. The van der Waals surface area contributed by atoms with Gasteiger partial charge < -0.3 is 29.2 Å². The van der Waals surface area contributed by atoms with Gasteiger partial charge in [0.15, 0.2) is 0 Å². The molecule has 0 radical (unpaired) electrons. The molecule has 0 aliphatic rings. The third-order valence-corrected chi connectivity index (χ3v) is 6.56. The zero-order valence-electron chi connectivity index (χ0n) is 25.0. The van der Waals surface area contributed by atoms with E-state index < -0.39 is 6.09 Å². The molecule has 0 aliphatic heterocycles. The summed E-state index contributed by atoms with van der Waals surface area (Å²) in [5.41, 5.74) is 3.56. The molecule has 0 unspecified atom stereocenters. The number of amides is 1. The van der Waals surface area contributed by atoms with E-state index in [9.17, 15) is 4.79 Å². The van der Waals surface area contributed by atoms with Gasteiger partial charge in [0.2, 0.25) is 0 Å². The molecule has 0 saturated heterocycles. The van der Waals surface area contributed by atoms with Crippen molar-refractivity contribution in [1.82, 2.24) is 9.88 Å². The lowest BCUT2D eigenvalue weighted by Crippen LogP contribution is -2.30. The molecule has 0 spiro atoms. The summed E-state index contributed by atoms with van der Waals surface area (Å²) in [6.45, 7) is 5.43. The van der Waals surface area contributed by atoms with Crippen molar-refractivity contribution in [3.05, 3.63) is 90.1 Å². The highest BCUT2D eigenvalue weighted by Gasteiger charge is 2.26. The lowest BCUT2D eigenvalue weighted by molar-refractivity contribution is 0.209. The molecule has 9 heteroatoms. The van der Waals surface area contributed by atoms with Crippen LogP contribution in [0.4, 0.5) is 27.7 Å². The summed E-state index contributed by atoms with van der Waals surface area (Å²) < 4.78 is 22.8. The predicted molar refractivity (Wildman–Crippen MR) is 166 cm³/mol. The fourth-order valence-electron chi connectivity index (χ4n) is 4.39. The van der Waals surface area contributed by atoms with E-state index in [1.165, 1.54) is 4.90 Å². The minimum absolute atomic E-state index is 0.445. The van der Waals surface area contributed by atoms with Crippen LogP contribution in [0.1, 0.15) is 17.5 Å². The van der Waals surface area contributed by atoms with Crippen LogP contribution in [0.3, 0.4) is 0 Å². The molecule has 4 aromatic rings. The number of methoxy groups -OCH3 is 2. The summed E-state index contributed by atoms with van der Waals surface area (Å²) in [5, 5.41) is 3.31. The SMILES string of the molecule is COc1ccc(N(C(=O)Oc2c(C)cccc2C)c2ccnc(Nc3ccc(OCCCN(C)C)cc3)c2)c(OC)c1. The highest BCUT2D eigenvalue weighted by atomic mass is 16.6. The van der Waals surface area contributed by atoms with Crippen molar-refractivity contribution >= 4 is 29.0 Å². The van der Waals surface area contributed by atoms with E-state index in [2.05, 4.69) is 15.2 Å². The second kappa shape index (κ2) is 14.2. The third-order valence-electron chi connectivity index (χ3n) is 6.56. The lowest BCUT2D eigenvalue weighted by atomic mass is 10.1. The average Bonchev–Trinajstić information content (AvgIpc) is 2.98. The smallest absolute Gasteiger partial charge is 0.424 e. The average molecular weight is 571 g/mol. The first-order valence-corrected chi connectivity index (χ1v) is 13.7. The Bertz CT molecular complexity index is 1470. The van der Waals surface area contributed by atoms with Crippen molar-refractivity contribution in [2.24, 2.45) is 0 Å². The topological polar surface area (TPSA) is 85.4 Å². The molecule has 1 heterocycles. The number of rotatable bonds is 12. The molecule has 0 aliphatic carbocycles. The molecule has 220 valence electrons. The Morgan fingerprint density at radius 1 is 0.881 bits per heavy atom. The number of hydrogen-bond acceptors (Lipinski definition) is 8. The monoisotopic (exact) mass is 570 g/mol. The number of nitrogens with zero attached hydrogens (tertiary/aromatic N) is 3. The van der Waals surface area contributed by atoms with Crippen LogP contribution in [-0.2, 0) is 0 Å². The Morgan fingerprint density at radius 3 is 2.26 bits per heavy atom. The van der Waals surface area contributed by atoms with Crippen LogP contribution < -0.4 is 29.2 Å². The maximum Gasteiger partial charge on any atom is 0.424 e. The quantitative estimate of drug-likeness (QED) is 0.180. The largest absolute Gasteiger partial charge is 0.497 e. The van der Waals surface area contributed by atoms with E-state index in [0.717, 1.165) is 35.5 Å². The first-order valence-electron chi connectivity index (χ1n) is 13.7. The van der Waals surface area contributed by atoms with Crippen molar-refractivity contribution in [3.8, 4) is 23.0 Å². The molecule has 3 aromatic carbocycles. The number of hydrogen-bond donors (Lipinski definition) is 1. The van der Waals surface area contributed by atoms with Gasteiger partial charge in [0.1, 0.15) is 28.8 Å². The van der Waals surface area contributed by atoms with Gasteiger partial charge in [-0.3, -0.25) is 0 Å². The molecule has 0 saturated carbocycles. The van der Waals surface area contributed by atoms with Gasteiger partial charge in [-0.15, -0.1) is 0 Å². The highest BCUT2D eigenvalue weighted by molar-refractivity contribution is 5.99. The summed E-state index contributed by atoms with van der Waals surface area (Å²) in [6.07, 6.45) is 1.99. The number of nitrogens with one attached hydrogen (secondary N) is 1. The fourth-order valence-corrected chi connectivity index (χ4v) is 4.39. The van der Waals surface area contributed by atoms with Gasteiger partial charge in [-0.25, -0.2) is 14.7 Å². The summed E-state index contributed by atoms with van der Waals surface area (Å²) in [6, 6.07) is 22.2. The number of ether oxygens (including phenoxy) is 4. The molecule has 0 fully saturated rings. The van der Waals surface area contributed by atoms with Gasteiger partial charge in [0.25, 0.3) is 0 Å². The summed E-state index contributed by atoms with van der Waals surface area (Å²) in [5.74, 6) is 2.90. The Kier molecular flexibility index (Phi) is 10.2. The minimum Gasteiger partial charge on any atom is -0.497 e. The van der Waals surface area contributed by atoms with Crippen LogP contribution >= 0.6 is 0 Å².